The predicted octanol–water partition coefficient (Wildman–Crippen LogP) is 4.82. The van der Waals surface area contributed by atoms with Gasteiger partial charge >= 0.3 is 6.03 Å². The van der Waals surface area contributed by atoms with Crippen LogP contribution in [-0.2, 0) is 6.42 Å². The van der Waals surface area contributed by atoms with Crippen molar-refractivity contribution in [2.75, 3.05) is 5.32 Å². The van der Waals surface area contributed by atoms with Crippen LogP contribution in [0.5, 0.6) is 0 Å². The summed E-state index contributed by atoms with van der Waals surface area (Å²) in [6.45, 7) is 0. The normalized spacial score (nSPS) is 21.5. The number of rotatable bonds is 1. The largest absolute Gasteiger partial charge is 0.322 e. The lowest BCUT2D eigenvalue weighted by Crippen LogP contribution is -2.44. The fourth-order valence-electron chi connectivity index (χ4n) is 3.69. The Morgan fingerprint density at radius 3 is 2.88 bits per heavy atom. The quantitative estimate of drug-likeness (QED) is 0.736. The zero-order valence-corrected chi connectivity index (χ0v) is 14.1. The molecular weight excluding hydrogens is 352 g/mol. The Balaban J connectivity index is 1.61. The first kappa shape index (κ1) is 15.7. The highest BCUT2D eigenvalue weighted by Gasteiger charge is 2.43. The lowest BCUT2D eigenvalue weighted by molar-refractivity contribution is 0.178. The first-order valence-electron chi connectivity index (χ1n) is 7.72. The Morgan fingerprint density at radius 2 is 2.08 bits per heavy atom. The number of fused-ring (bicyclic) bond motifs is 4. The van der Waals surface area contributed by atoms with Crippen LogP contribution in [0.15, 0.2) is 30.5 Å². The van der Waals surface area contributed by atoms with Gasteiger partial charge in [0.2, 0.25) is 5.95 Å². The molecule has 24 heavy (non-hydrogen) atoms. The zero-order chi connectivity index (χ0) is 16.8. The predicted molar refractivity (Wildman–Crippen MR) is 91.0 cm³/mol. The number of carbonyl (C=O) groups is 1. The summed E-state index contributed by atoms with van der Waals surface area (Å²) in [6, 6.07) is 6.44. The number of aromatic nitrogens is 1. The van der Waals surface area contributed by atoms with E-state index in [0.29, 0.717) is 27.7 Å². The second-order valence-electron chi connectivity index (χ2n) is 6.09. The van der Waals surface area contributed by atoms with Gasteiger partial charge in [0.25, 0.3) is 0 Å². The van der Waals surface area contributed by atoms with Gasteiger partial charge in [0, 0.05) is 23.5 Å². The zero-order valence-electron chi connectivity index (χ0n) is 12.6. The molecule has 0 spiro atoms. The molecule has 7 heteroatoms. The molecule has 4 rings (SSSR count). The number of benzene rings is 1. The van der Waals surface area contributed by atoms with E-state index in [1.807, 2.05) is 11.0 Å². The molecule has 4 nitrogen and oxygen atoms in total. The number of amides is 2. The van der Waals surface area contributed by atoms with Crippen LogP contribution in [0.2, 0.25) is 10.0 Å². The lowest BCUT2D eigenvalue weighted by atomic mass is 9.95. The van der Waals surface area contributed by atoms with Gasteiger partial charge in [-0.15, -0.1) is 0 Å². The van der Waals surface area contributed by atoms with Gasteiger partial charge in [-0.25, -0.2) is 9.78 Å². The van der Waals surface area contributed by atoms with Crippen LogP contribution < -0.4 is 5.32 Å². The fraction of sp³-hybridized carbons (Fsp3) is 0.294. The number of carbonyl (C=O) groups excluding carboxylic acids is 1. The Morgan fingerprint density at radius 1 is 1.25 bits per heavy atom. The first-order chi connectivity index (χ1) is 11.5. The maximum absolute atomic E-state index is 13.9. The van der Waals surface area contributed by atoms with Crippen molar-refractivity contribution >= 4 is 34.9 Å². The summed E-state index contributed by atoms with van der Waals surface area (Å²) in [4.78, 5) is 18.3. The topological polar surface area (TPSA) is 45.2 Å². The monoisotopic (exact) mass is 365 g/mol. The standard InChI is InChI=1S/C17H14Cl2FN3O/c18-13-3-1-9(7-14(13)19)22-17(24)23-10-2-4-15(23)11-5-6-21-16(20)12(11)8-10/h1,3,5-7,10,15H,2,4,8H2,(H,22,24)/t10-,15+/m1/s1. The second-order valence-corrected chi connectivity index (χ2v) is 6.90. The number of urea groups is 1. The molecule has 2 aliphatic rings. The Labute approximate surface area is 148 Å². The molecule has 124 valence electrons. The third-order valence-electron chi connectivity index (χ3n) is 4.75. The van der Waals surface area contributed by atoms with E-state index < -0.39 is 5.95 Å². The van der Waals surface area contributed by atoms with Gasteiger partial charge in [-0.05, 0) is 49.1 Å². The third kappa shape index (κ3) is 2.52. The van der Waals surface area contributed by atoms with Crippen molar-refractivity contribution in [3.05, 3.63) is 57.6 Å². The van der Waals surface area contributed by atoms with Gasteiger partial charge in [-0.1, -0.05) is 23.2 Å². The summed E-state index contributed by atoms with van der Waals surface area (Å²) in [6.07, 6.45) is 3.64. The smallest absolute Gasteiger partial charge is 0.314 e. The fourth-order valence-corrected chi connectivity index (χ4v) is 3.99. The van der Waals surface area contributed by atoms with Gasteiger partial charge in [0.05, 0.1) is 16.1 Å². The van der Waals surface area contributed by atoms with Gasteiger partial charge in [0.1, 0.15) is 0 Å². The van der Waals surface area contributed by atoms with Crippen molar-refractivity contribution in [2.45, 2.75) is 31.3 Å². The van der Waals surface area contributed by atoms with Crippen LogP contribution in [0, 0.1) is 5.95 Å². The molecule has 2 aliphatic heterocycles. The van der Waals surface area contributed by atoms with Gasteiger partial charge in [-0.3, -0.25) is 0 Å². The summed E-state index contributed by atoms with van der Waals surface area (Å²) in [7, 11) is 0. The highest BCUT2D eigenvalue weighted by Crippen LogP contribution is 2.44. The van der Waals surface area contributed by atoms with Crippen LogP contribution >= 0.6 is 23.2 Å². The molecule has 0 unspecified atom stereocenters. The highest BCUT2D eigenvalue weighted by atomic mass is 35.5. The Kier molecular flexibility index (Phi) is 3.85. The van der Waals surface area contributed by atoms with E-state index in [1.54, 1.807) is 18.2 Å². The van der Waals surface area contributed by atoms with Crippen molar-refractivity contribution in [1.29, 1.82) is 0 Å². The average Bonchev–Trinajstić information content (AvgIpc) is 2.87. The van der Waals surface area contributed by atoms with Crippen LogP contribution in [-0.4, -0.2) is 22.0 Å². The number of hydrogen-bond donors (Lipinski definition) is 1. The van der Waals surface area contributed by atoms with E-state index in [0.717, 1.165) is 18.4 Å². The molecule has 2 aromatic rings. The summed E-state index contributed by atoms with van der Waals surface area (Å²) < 4.78 is 13.9. The molecule has 1 saturated heterocycles. The van der Waals surface area contributed by atoms with Gasteiger partial charge in [-0.2, -0.15) is 4.39 Å². The van der Waals surface area contributed by atoms with Gasteiger partial charge < -0.3 is 10.2 Å². The maximum Gasteiger partial charge on any atom is 0.322 e. The molecule has 0 saturated carbocycles. The van der Waals surface area contributed by atoms with Crippen LogP contribution in [0.1, 0.15) is 30.0 Å². The molecule has 2 bridgehead atoms. The van der Waals surface area contributed by atoms with Crippen LogP contribution in [0.4, 0.5) is 14.9 Å². The molecule has 1 N–H and O–H groups in total. The van der Waals surface area contributed by atoms with Crippen molar-refractivity contribution in [3.63, 3.8) is 0 Å². The molecule has 3 heterocycles. The second kappa shape index (κ2) is 5.90. The summed E-state index contributed by atoms with van der Waals surface area (Å²) >= 11 is 11.9. The number of pyridine rings is 1. The Hall–Kier alpha value is -1.85. The molecule has 2 amide bonds. The average molecular weight is 366 g/mol. The third-order valence-corrected chi connectivity index (χ3v) is 5.49. The number of nitrogens with one attached hydrogen (secondary N) is 1. The number of anilines is 1. The van der Waals surface area contributed by atoms with Crippen LogP contribution in [0.3, 0.4) is 0 Å². The van der Waals surface area contributed by atoms with Gasteiger partial charge in [0.15, 0.2) is 0 Å². The summed E-state index contributed by atoms with van der Waals surface area (Å²) in [5.74, 6) is -0.422. The van der Waals surface area contributed by atoms with E-state index in [1.165, 1.54) is 6.20 Å². The van der Waals surface area contributed by atoms with E-state index in [4.69, 9.17) is 23.2 Å². The van der Waals surface area contributed by atoms with Crippen molar-refractivity contribution in [2.24, 2.45) is 0 Å². The molecule has 0 aliphatic carbocycles. The maximum atomic E-state index is 13.9. The minimum Gasteiger partial charge on any atom is -0.314 e. The summed E-state index contributed by atoms with van der Waals surface area (Å²) in [5.41, 5.74) is 2.09. The van der Waals surface area contributed by atoms with Crippen LogP contribution in [0.25, 0.3) is 0 Å². The highest BCUT2D eigenvalue weighted by molar-refractivity contribution is 6.42. The van der Waals surface area contributed by atoms with E-state index >= 15 is 0 Å². The SMILES string of the molecule is O=C(Nc1ccc(Cl)c(Cl)c1)N1[C@@H]2CC[C@H]1c1ccnc(F)c1C2. The van der Waals surface area contributed by atoms with Crippen molar-refractivity contribution < 1.29 is 9.18 Å². The first-order valence-corrected chi connectivity index (χ1v) is 8.48. The molecule has 1 aromatic carbocycles. The molecular formula is C17H14Cl2FN3O. The van der Waals surface area contributed by atoms with Crippen molar-refractivity contribution in [3.8, 4) is 0 Å². The number of hydrogen-bond acceptors (Lipinski definition) is 2. The molecule has 1 fully saturated rings. The van der Waals surface area contributed by atoms with E-state index in [-0.39, 0.29) is 18.1 Å². The Bertz CT molecular complexity index is 829. The molecule has 1 aromatic heterocycles. The van der Waals surface area contributed by atoms with E-state index in [2.05, 4.69) is 10.3 Å². The summed E-state index contributed by atoms with van der Waals surface area (Å²) in [5, 5.41) is 3.68. The molecule has 0 radical (unpaired) electrons. The number of nitrogens with zero attached hydrogens (tertiary/aromatic N) is 2. The van der Waals surface area contributed by atoms with Crippen molar-refractivity contribution in [1.82, 2.24) is 9.88 Å². The van der Waals surface area contributed by atoms with E-state index in [9.17, 15) is 9.18 Å². The number of halogens is 3. The minimum absolute atomic E-state index is 0.0102. The molecule has 2 atom stereocenters. The lowest BCUT2D eigenvalue weighted by Gasteiger charge is -2.36. The minimum atomic E-state index is -0.422.